The molecule has 1 saturated carbocycles. The summed E-state index contributed by atoms with van der Waals surface area (Å²) < 4.78 is 30.0. The quantitative estimate of drug-likeness (QED) is 0.135. The number of allylic oxidation sites excluding steroid dienone is 6. The van der Waals surface area contributed by atoms with E-state index >= 15 is 0 Å². The number of ether oxygens (including phenoxy) is 5. The number of ketones is 3. The van der Waals surface area contributed by atoms with Crippen molar-refractivity contribution in [3.63, 3.8) is 0 Å². The van der Waals surface area contributed by atoms with Gasteiger partial charge in [0.2, 0.25) is 5.79 Å². The molecule has 14 nitrogen and oxygen atoms in total. The Bertz CT molecular complexity index is 1800. The van der Waals surface area contributed by atoms with Crippen LogP contribution in [0.3, 0.4) is 0 Å². The zero-order valence-corrected chi connectivity index (χ0v) is 42.2. The molecule has 67 heavy (non-hydrogen) atoms. The van der Waals surface area contributed by atoms with Gasteiger partial charge < -0.3 is 43.9 Å². The second-order valence-electron chi connectivity index (χ2n) is 20.5. The van der Waals surface area contributed by atoms with Crippen molar-refractivity contribution in [3.8, 4) is 0 Å². The van der Waals surface area contributed by atoms with E-state index in [0.717, 1.165) is 12.0 Å². The van der Waals surface area contributed by atoms with Gasteiger partial charge in [0.25, 0.3) is 11.7 Å². The summed E-state index contributed by atoms with van der Waals surface area (Å²) in [6.45, 7) is 16.6. The van der Waals surface area contributed by atoms with Gasteiger partial charge in [-0.15, -0.1) is 0 Å². The van der Waals surface area contributed by atoms with E-state index in [1.54, 1.807) is 34.0 Å². The highest BCUT2D eigenvalue weighted by molar-refractivity contribution is 6.39. The predicted molar refractivity (Wildman–Crippen MR) is 254 cm³/mol. The highest BCUT2D eigenvalue weighted by atomic mass is 16.6. The number of nitrogens with zero attached hydrogens (tertiary/aromatic N) is 1. The van der Waals surface area contributed by atoms with Gasteiger partial charge >= 0.3 is 5.97 Å². The van der Waals surface area contributed by atoms with Gasteiger partial charge in [0.15, 0.2) is 5.78 Å². The lowest BCUT2D eigenvalue weighted by molar-refractivity contribution is -0.266. The summed E-state index contributed by atoms with van der Waals surface area (Å²) in [5.41, 5.74) is 1.28. The highest BCUT2D eigenvalue weighted by Gasteiger charge is 2.53. The summed E-state index contributed by atoms with van der Waals surface area (Å²) in [6.07, 6.45) is 11.1. The van der Waals surface area contributed by atoms with Crippen molar-refractivity contribution in [3.05, 3.63) is 47.6 Å². The number of cyclic esters (lactones) is 1. The van der Waals surface area contributed by atoms with Crippen molar-refractivity contribution < 1.29 is 63.0 Å². The Hall–Kier alpha value is -3.37. The number of aliphatic hydroxyl groups is 3. The van der Waals surface area contributed by atoms with Crippen molar-refractivity contribution in [2.75, 3.05) is 20.8 Å². The van der Waals surface area contributed by atoms with E-state index in [0.29, 0.717) is 63.4 Å². The van der Waals surface area contributed by atoms with E-state index in [9.17, 15) is 39.3 Å². The third-order valence-electron chi connectivity index (χ3n) is 14.6. The maximum atomic E-state index is 14.4. The smallest absolute Gasteiger partial charge is 0.329 e. The number of rotatable bonds is 7. The minimum Gasteiger partial charge on any atom is -0.460 e. The molecule has 14 heteroatoms. The number of aliphatic hydroxyl groups excluding tert-OH is 2. The van der Waals surface area contributed by atoms with Crippen LogP contribution in [0.25, 0.3) is 0 Å². The van der Waals surface area contributed by atoms with E-state index in [-0.39, 0.29) is 60.9 Å². The average Bonchev–Trinajstić information content (AvgIpc) is 3.29. The number of esters is 1. The fourth-order valence-electron chi connectivity index (χ4n) is 10.3. The largest absolute Gasteiger partial charge is 0.460 e. The van der Waals surface area contributed by atoms with Crippen LogP contribution in [0.2, 0.25) is 0 Å². The molecule has 2 saturated heterocycles. The van der Waals surface area contributed by atoms with Crippen LogP contribution in [-0.2, 0) is 47.7 Å². The fourth-order valence-corrected chi connectivity index (χ4v) is 10.3. The zero-order chi connectivity index (χ0) is 49.7. The monoisotopic (exact) mass is 942 g/mol. The number of amides is 1. The third kappa shape index (κ3) is 15.3. The van der Waals surface area contributed by atoms with Crippen LogP contribution in [-0.4, -0.2) is 131 Å². The Morgan fingerprint density at radius 2 is 1.57 bits per heavy atom. The molecule has 378 valence electrons. The second kappa shape index (κ2) is 26.0. The molecular formula is C53H83NO13. The molecule has 0 aromatic rings. The summed E-state index contributed by atoms with van der Waals surface area (Å²) in [5.74, 6) is -7.98. The molecule has 2 unspecified atom stereocenters. The van der Waals surface area contributed by atoms with Crippen molar-refractivity contribution in [1.29, 1.82) is 0 Å². The first-order chi connectivity index (χ1) is 31.6. The molecule has 0 radical (unpaired) electrons. The molecular weight excluding hydrogens is 859 g/mol. The Morgan fingerprint density at radius 3 is 2.24 bits per heavy atom. The van der Waals surface area contributed by atoms with E-state index < -0.39 is 83.9 Å². The molecule has 0 spiro atoms. The molecule has 3 fully saturated rings. The van der Waals surface area contributed by atoms with Crippen molar-refractivity contribution in [1.82, 2.24) is 4.90 Å². The lowest BCUT2D eigenvalue weighted by atomic mass is 9.78. The van der Waals surface area contributed by atoms with Gasteiger partial charge in [-0.05, 0) is 121 Å². The van der Waals surface area contributed by atoms with E-state index in [2.05, 4.69) is 0 Å². The van der Waals surface area contributed by atoms with Crippen LogP contribution in [0.15, 0.2) is 47.6 Å². The molecule has 0 aromatic heterocycles. The molecule has 1 aliphatic carbocycles. The molecule has 0 aromatic carbocycles. The topological polar surface area (TPSA) is 195 Å². The van der Waals surface area contributed by atoms with Crippen LogP contribution < -0.4 is 0 Å². The molecule has 4 rings (SSSR count). The third-order valence-corrected chi connectivity index (χ3v) is 14.6. The Kier molecular flexibility index (Phi) is 21.8. The van der Waals surface area contributed by atoms with Crippen LogP contribution in [0.5, 0.6) is 0 Å². The number of methoxy groups -OCH3 is 2. The van der Waals surface area contributed by atoms with Crippen LogP contribution in [0, 0.1) is 35.5 Å². The Labute approximate surface area is 399 Å². The summed E-state index contributed by atoms with van der Waals surface area (Å²) >= 11 is 0. The van der Waals surface area contributed by atoms with Crippen molar-refractivity contribution in [2.45, 2.75) is 200 Å². The second-order valence-corrected chi connectivity index (χ2v) is 20.5. The molecule has 3 aliphatic heterocycles. The van der Waals surface area contributed by atoms with E-state index in [1.807, 2.05) is 71.9 Å². The van der Waals surface area contributed by atoms with E-state index in [4.69, 9.17) is 23.7 Å². The number of fused-ring (bicyclic) bond motifs is 3. The standard InChI is InChI=1S/C53H83NO13/c1-31(2)65-44-29-40-22-20-38(9)53(62,67-40)50(59)51(60)54-24-16-15-19-41(54)52(61)66-45(35(6)27-39-21-23-42(55)46(28-39)63-10)30-43(56)34(5)26-37(8)48(58)49(64-11)47(57)36(7)25-32(3)17-13-12-14-18-33(44)4/h12-14,17-18,26,31-32,34-36,38-42,44-46,48-49,55,58,62H,15-16,19-25,27-30H2,1-11H3/b14-12+,17-13+,33-18+,37-26+/t32-,34-,35?,36-,38-,39+,40+,41+,42-,44?,45+,46-,48-,49+,53-/m1/s1. The van der Waals surface area contributed by atoms with Gasteiger partial charge in [0.1, 0.15) is 30.1 Å². The molecule has 4 aliphatic rings. The molecule has 2 bridgehead atoms. The maximum Gasteiger partial charge on any atom is 0.329 e. The first-order valence-corrected chi connectivity index (χ1v) is 24.9. The lowest BCUT2D eigenvalue weighted by Crippen LogP contribution is -2.61. The lowest BCUT2D eigenvalue weighted by Gasteiger charge is -2.43. The first-order valence-electron chi connectivity index (χ1n) is 24.9. The number of carbonyl (C=O) groups is 5. The number of hydrogen-bond donors (Lipinski definition) is 3. The average molecular weight is 942 g/mol. The van der Waals surface area contributed by atoms with Crippen LogP contribution in [0.1, 0.15) is 139 Å². The molecule has 3 N–H and O–H groups in total. The summed E-state index contributed by atoms with van der Waals surface area (Å²) in [5, 5.41) is 34.0. The first kappa shape index (κ1) is 56.2. The van der Waals surface area contributed by atoms with E-state index in [1.165, 1.54) is 12.0 Å². The minimum atomic E-state index is -2.44. The minimum absolute atomic E-state index is 0.0150. The zero-order valence-electron chi connectivity index (χ0n) is 42.2. The van der Waals surface area contributed by atoms with Crippen LogP contribution >= 0.6 is 0 Å². The summed E-state index contributed by atoms with van der Waals surface area (Å²) in [7, 11) is 2.95. The van der Waals surface area contributed by atoms with Gasteiger partial charge in [-0.25, -0.2) is 4.79 Å². The molecule has 3 heterocycles. The highest BCUT2D eigenvalue weighted by Crippen LogP contribution is 2.38. The predicted octanol–water partition coefficient (Wildman–Crippen LogP) is 6.96. The molecule has 1 amide bonds. The summed E-state index contributed by atoms with van der Waals surface area (Å²) in [4.78, 5) is 72.1. The van der Waals surface area contributed by atoms with Gasteiger partial charge in [0.05, 0.1) is 30.5 Å². The SMILES string of the molecule is CO[C@@H]1C[C@H](CC(C)[C@@H]2CC(=O)[C@H](C)/C=C(\C)[C@@H](O)[C@@H](OC)C(=O)[C@H](C)C[C@H](C)/C=C/C=C/C=C(\C)C(OC(C)C)C[C@@H]3CC[C@@H](C)[C@@](O)(O3)C(=O)C(=O)N3CCCC[C@H]3C(=O)O2)CC[C@H]1O. The van der Waals surface area contributed by atoms with Gasteiger partial charge in [-0.2, -0.15) is 0 Å². The van der Waals surface area contributed by atoms with Crippen molar-refractivity contribution >= 4 is 29.2 Å². The normalized spacial score (nSPS) is 39.7. The number of hydrogen-bond acceptors (Lipinski definition) is 13. The van der Waals surface area contributed by atoms with Gasteiger partial charge in [0, 0.05) is 51.4 Å². The van der Waals surface area contributed by atoms with Gasteiger partial charge in [-0.1, -0.05) is 71.1 Å². The maximum absolute atomic E-state index is 14.4. The number of piperidine rings is 1. The van der Waals surface area contributed by atoms with Crippen LogP contribution in [0.4, 0.5) is 0 Å². The number of Topliss-reactive ketones (excluding diaryl/α,β-unsaturated/α-hetero) is 3. The van der Waals surface area contributed by atoms with Crippen molar-refractivity contribution in [2.24, 2.45) is 35.5 Å². The fraction of sp³-hybridized carbons (Fsp3) is 0.755. The van der Waals surface area contributed by atoms with Gasteiger partial charge in [-0.3, -0.25) is 19.2 Å². The Morgan fingerprint density at radius 1 is 0.851 bits per heavy atom. The number of carbonyl (C=O) groups excluding carboxylic acids is 5. The summed E-state index contributed by atoms with van der Waals surface area (Å²) in [6, 6.07) is -1.14. The molecule has 15 atom stereocenters. The Balaban J connectivity index is 1.72.